The molecule has 90 valence electrons. The van der Waals surface area contributed by atoms with Crippen molar-refractivity contribution in [2.24, 2.45) is 0 Å². The third-order valence-electron chi connectivity index (χ3n) is 2.54. The number of hydrogen-bond acceptors (Lipinski definition) is 3. The number of rotatable bonds is 7. The lowest BCUT2D eigenvalue weighted by atomic mass is 10.1. The fourth-order valence-electron chi connectivity index (χ4n) is 1.60. The summed E-state index contributed by atoms with van der Waals surface area (Å²) in [7, 11) is 0. The summed E-state index contributed by atoms with van der Waals surface area (Å²) in [5, 5.41) is 3.43. The zero-order valence-electron chi connectivity index (χ0n) is 10.0. The summed E-state index contributed by atoms with van der Waals surface area (Å²) in [6.07, 6.45) is 9.91. The van der Waals surface area contributed by atoms with E-state index in [0.29, 0.717) is 6.04 Å². The van der Waals surface area contributed by atoms with Crippen molar-refractivity contribution in [2.75, 3.05) is 5.32 Å². The highest BCUT2D eigenvalue weighted by Gasteiger charge is 2.05. The molecule has 1 rings (SSSR count). The van der Waals surface area contributed by atoms with Gasteiger partial charge in [-0.25, -0.2) is 9.97 Å². The van der Waals surface area contributed by atoms with Gasteiger partial charge in [-0.05, 0) is 35.9 Å². The van der Waals surface area contributed by atoms with Gasteiger partial charge in [0.1, 0.15) is 12.1 Å². The molecular formula is C12H20IN3. The third kappa shape index (κ3) is 5.09. The van der Waals surface area contributed by atoms with Crippen molar-refractivity contribution in [3.05, 3.63) is 16.1 Å². The zero-order valence-corrected chi connectivity index (χ0v) is 12.2. The van der Waals surface area contributed by atoms with E-state index in [9.17, 15) is 0 Å². The van der Waals surface area contributed by atoms with Crippen LogP contribution in [0.4, 0.5) is 5.82 Å². The number of anilines is 1. The Bertz CT molecular complexity index is 304. The van der Waals surface area contributed by atoms with Crippen LogP contribution in [0.2, 0.25) is 0 Å². The van der Waals surface area contributed by atoms with E-state index in [-0.39, 0.29) is 0 Å². The van der Waals surface area contributed by atoms with Crippen LogP contribution < -0.4 is 5.32 Å². The van der Waals surface area contributed by atoms with Crippen LogP contribution in [0.15, 0.2) is 12.5 Å². The molecule has 1 aromatic rings. The minimum absolute atomic E-state index is 0.486. The molecule has 16 heavy (non-hydrogen) atoms. The summed E-state index contributed by atoms with van der Waals surface area (Å²) in [6, 6.07) is 0.486. The normalized spacial score (nSPS) is 12.4. The Balaban J connectivity index is 2.28. The molecule has 0 bridgehead atoms. The van der Waals surface area contributed by atoms with E-state index >= 15 is 0 Å². The van der Waals surface area contributed by atoms with Crippen molar-refractivity contribution in [1.29, 1.82) is 0 Å². The first-order valence-corrected chi connectivity index (χ1v) is 7.04. The van der Waals surface area contributed by atoms with E-state index in [0.717, 1.165) is 9.39 Å². The van der Waals surface area contributed by atoms with Crippen molar-refractivity contribution in [1.82, 2.24) is 9.97 Å². The van der Waals surface area contributed by atoms with Gasteiger partial charge >= 0.3 is 0 Å². The Morgan fingerprint density at radius 1 is 1.38 bits per heavy atom. The largest absolute Gasteiger partial charge is 0.367 e. The smallest absolute Gasteiger partial charge is 0.143 e. The third-order valence-corrected chi connectivity index (χ3v) is 3.33. The van der Waals surface area contributed by atoms with E-state index in [4.69, 9.17) is 0 Å². The van der Waals surface area contributed by atoms with E-state index in [1.807, 2.05) is 6.20 Å². The number of aromatic nitrogens is 2. The second kappa shape index (κ2) is 7.81. The number of nitrogens with zero attached hydrogens (tertiary/aromatic N) is 2. The highest BCUT2D eigenvalue weighted by atomic mass is 127. The molecule has 4 heteroatoms. The van der Waals surface area contributed by atoms with Crippen LogP contribution in [0.25, 0.3) is 0 Å². The molecule has 0 aliphatic rings. The minimum atomic E-state index is 0.486. The lowest BCUT2D eigenvalue weighted by Crippen LogP contribution is -2.16. The quantitative estimate of drug-likeness (QED) is 0.608. The van der Waals surface area contributed by atoms with Crippen molar-refractivity contribution in [2.45, 2.75) is 52.0 Å². The van der Waals surface area contributed by atoms with Crippen molar-refractivity contribution in [3.63, 3.8) is 0 Å². The van der Waals surface area contributed by atoms with Gasteiger partial charge in [-0.15, -0.1) is 0 Å². The maximum Gasteiger partial charge on any atom is 0.143 e. The molecule has 0 aliphatic heterocycles. The van der Waals surface area contributed by atoms with Crippen molar-refractivity contribution < 1.29 is 0 Å². The van der Waals surface area contributed by atoms with Gasteiger partial charge in [0.25, 0.3) is 0 Å². The highest BCUT2D eigenvalue weighted by Crippen LogP contribution is 2.15. The lowest BCUT2D eigenvalue weighted by molar-refractivity contribution is 0.592. The summed E-state index contributed by atoms with van der Waals surface area (Å²) < 4.78 is 1.08. The molecule has 1 aromatic heterocycles. The van der Waals surface area contributed by atoms with Crippen LogP contribution >= 0.6 is 22.6 Å². The second-order valence-corrected chi connectivity index (χ2v) is 5.28. The zero-order chi connectivity index (χ0) is 11.8. The van der Waals surface area contributed by atoms with Gasteiger partial charge in [0.15, 0.2) is 0 Å². The Morgan fingerprint density at radius 3 is 2.88 bits per heavy atom. The molecule has 1 unspecified atom stereocenters. The highest BCUT2D eigenvalue weighted by molar-refractivity contribution is 14.1. The second-order valence-electron chi connectivity index (χ2n) is 4.11. The van der Waals surface area contributed by atoms with Gasteiger partial charge < -0.3 is 5.32 Å². The van der Waals surface area contributed by atoms with E-state index in [1.165, 1.54) is 32.1 Å². The maximum absolute atomic E-state index is 4.23. The average molecular weight is 333 g/mol. The first kappa shape index (κ1) is 13.7. The molecular weight excluding hydrogens is 313 g/mol. The number of nitrogens with one attached hydrogen (secondary N) is 1. The first-order valence-electron chi connectivity index (χ1n) is 5.96. The Morgan fingerprint density at radius 2 is 2.19 bits per heavy atom. The molecule has 0 amide bonds. The molecule has 3 nitrogen and oxygen atoms in total. The molecule has 0 saturated carbocycles. The monoisotopic (exact) mass is 333 g/mol. The predicted molar refractivity (Wildman–Crippen MR) is 76.6 cm³/mol. The van der Waals surface area contributed by atoms with Crippen LogP contribution in [0.5, 0.6) is 0 Å². The number of unbranched alkanes of at least 4 members (excludes halogenated alkanes) is 3. The van der Waals surface area contributed by atoms with E-state index < -0.39 is 0 Å². The topological polar surface area (TPSA) is 37.8 Å². The molecule has 0 saturated heterocycles. The summed E-state index contributed by atoms with van der Waals surface area (Å²) in [4.78, 5) is 8.21. The standard InChI is InChI=1S/C12H20IN3/c1-3-4-5-6-7-10(2)16-12-11(13)8-14-9-15-12/h8-10H,3-7H2,1-2H3,(H,14,15,16). The Kier molecular flexibility index (Phi) is 6.68. The molecule has 0 fully saturated rings. The van der Waals surface area contributed by atoms with Crippen LogP contribution in [0.3, 0.4) is 0 Å². The average Bonchev–Trinajstić information content (AvgIpc) is 2.28. The van der Waals surface area contributed by atoms with Gasteiger partial charge in [-0.3, -0.25) is 0 Å². The fourth-order valence-corrected chi connectivity index (χ4v) is 2.06. The maximum atomic E-state index is 4.23. The molecule has 0 radical (unpaired) electrons. The molecule has 1 N–H and O–H groups in total. The minimum Gasteiger partial charge on any atom is -0.367 e. The first-order chi connectivity index (χ1) is 7.74. The summed E-state index contributed by atoms with van der Waals surface area (Å²) in [5.41, 5.74) is 0. The Labute approximate surface area is 112 Å². The van der Waals surface area contributed by atoms with Crippen LogP contribution in [0.1, 0.15) is 46.0 Å². The summed E-state index contributed by atoms with van der Waals surface area (Å²) in [6.45, 7) is 4.45. The van der Waals surface area contributed by atoms with E-state index in [1.54, 1.807) is 6.33 Å². The number of halogens is 1. The van der Waals surface area contributed by atoms with E-state index in [2.05, 4.69) is 51.7 Å². The van der Waals surface area contributed by atoms with Gasteiger partial charge in [-0.1, -0.05) is 32.6 Å². The van der Waals surface area contributed by atoms with Crippen molar-refractivity contribution in [3.8, 4) is 0 Å². The fraction of sp³-hybridized carbons (Fsp3) is 0.667. The molecule has 0 aliphatic carbocycles. The van der Waals surface area contributed by atoms with Crippen LogP contribution in [-0.2, 0) is 0 Å². The summed E-state index contributed by atoms with van der Waals surface area (Å²) in [5.74, 6) is 0.957. The molecule has 1 atom stereocenters. The van der Waals surface area contributed by atoms with Crippen molar-refractivity contribution >= 4 is 28.4 Å². The van der Waals surface area contributed by atoms with Gasteiger partial charge in [0.05, 0.1) is 3.57 Å². The van der Waals surface area contributed by atoms with Gasteiger partial charge in [0.2, 0.25) is 0 Å². The summed E-state index contributed by atoms with van der Waals surface area (Å²) >= 11 is 2.26. The SMILES string of the molecule is CCCCCCC(C)Nc1ncncc1I. The predicted octanol–water partition coefficient (Wildman–Crippen LogP) is 3.85. The number of hydrogen-bond donors (Lipinski definition) is 1. The molecule has 0 aromatic carbocycles. The van der Waals surface area contributed by atoms with Crippen LogP contribution in [0, 0.1) is 3.57 Å². The van der Waals surface area contributed by atoms with Gasteiger partial charge in [0, 0.05) is 12.2 Å². The van der Waals surface area contributed by atoms with Gasteiger partial charge in [-0.2, -0.15) is 0 Å². The molecule has 1 heterocycles. The lowest BCUT2D eigenvalue weighted by Gasteiger charge is -2.14. The molecule has 0 spiro atoms. The van der Waals surface area contributed by atoms with Crippen LogP contribution in [-0.4, -0.2) is 16.0 Å². The Hall–Kier alpha value is -0.390.